The molecule has 2 aromatic carbocycles. The summed E-state index contributed by atoms with van der Waals surface area (Å²) in [5.41, 5.74) is 4.35. The lowest BCUT2D eigenvalue weighted by atomic mass is 10.1. The maximum atomic E-state index is 4.85. The Morgan fingerprint density at radius 3 is 2.42 bits per heavy atom. The van der Waals surface area contributed by atoms with E-state index < -0.39 is 0 Å². The van der Waals surface area contributed by atoms with Crippen molar-refractivity contribution < 1.29 is 0 Å². The molecule has 0 radical (unpaired) electrons. The summed E-state index contributed by atoms with van der Waals surface area (Å²) in [5.74, 6) is 0.787. The molecule has 0 aliphatic rings. The van der Waals surface area contributed by atoms with E-state index in [0.717, 1.165) is 34.4 Å². The number of benzene rings is 2. The lowest BCUT2D eigenvalue weighted by molar-refractivity contribution is 0.681. The summed E-state index contributed by atoms with van der Waals surface area (Å²) in [6.07, 6.45) is 3.88. The van der Waals surface area contributed by atoms with Crippen LogP contribution >= 0.6 is 11.8 Å². The maximum Gasteiger partial charge on any atom is 0.191 e. The van der Waals surface area contributed by atoms with Crippen LogP contribution in [0.5, 0.6) is 0 Å². The van der Waals surface area contributed by atoms with Crippen molar-refractivity contribution >= 4 is 11.8 Å². The molecule has 0 amide bonds. The van der Waals surface area contributed by atoms with E-state index in [4.69, 9.17) is 5.10 Å². The third-order valence-electron chi connectivity index (χ3n) is 4.14. The minimum Gasteiger partial charge on any atom is -0.309 e. The van der Waals surface area contributed by atoms with Gasteiger partial charge in [0.1, 0.15) is 6.33 Å². The van der Waals surface area contributed by atoms with Crippen molar-refractivity contribution in [2.75, 3.05) is 0 Å². The summed E-state index contributed by atoms with van der Waals surface area (Å²) in [7, 11) is 0. The van der Waals surface area contributed by atoms with Crippen molar-refractivity contribution in [2.24, 2.45) is 0 Å². The van der Waals surface area contributed by atoms with E-state index in [9.17, 15) is 0 Å². The first kappa shape index (κ1) is 16.6. The Morgan fingerprint density at radius 1 is 0.962 bits per heavy atom. The molecule has 0 fully saturated rings. The normalized spacial score (nSPS) is 11.0. The van der Waals surface area contributed by atoms with E-state index in [1.54, 1.807) is 18.1 Å². The lowest BCUT2D eigenvalue weighted by Crippen LogP contribution is -1.95. The smallest absolute Gasteiger partial charge is 0.191 e. The molecule has 0 spiro atoms. The molecule has 0 saturated heterocycles. The molecule has 0 aliphatic carbocycles. The SMILES string of the molecule is CCn1cnnc1SCc1cn(-c2ccccc2)nc1-c1ccccc1. The van der Waals surface area contributed by atoms with Crippen LogP contribution in [-0.2, 0) is 12.3 Å². The van der Waals surface area contributed by atoms with Gasteiger partial charge in [0.2, 0.25) is 0 Å². The first-order valence-corrected chi connectivity index (χ1v) is 9.53. The van der Waals surface area contributed by atoms with Gasteiger partial charge >= 0.3 is 0 Å². The molecular formula is C20H19N5S. The van der Waals surface area contributed by atoms with Gasteiger partial charge in [0.05, 0.1) is 11.4 Å². The van der Waals surface area contributed by atoms with Gasteiger partial charge in [0, 0.05) is 29.6 Å². The number of nitrogens with zero attached hydrogens (tertiary/aromatic N) is 5. The van der Waals surface area contributed by atoms with Crippen LogP contribution in [0.4, 0.5) is 0 Å². The molecule has 0 aliphatic heterocycles. The molecule has 26 heavy (non-hydrogen) atoms. The van der Waals surface area contributed by atoms with Crippen LogP contribution in [0.15, 0.2) is 78.3 Å². The van der Waals surface area contributed by atoms with Crippen LogP contribution in [0.2, 0.25) is 0 Å². The van der Waals surface area contributed by atoms with Crippen molar-refractivity contribution in [1.82, 2.24) is 24.5 Å². The highest BCUT2D eigenvalue weighted by Gasteiger charge is 2.14. The molecule has 6 heteroatoms. The molecule has 2 heterocycles. The Hall–Kier alpha value is -2.86. The zero-order valence-electron chi connectivity index (χ0n) is 14.5. The van der Waals surface area contributed by atoms with E-state index in [1.165, 1.54) is 5.56 Å². The predicted molar refractivity (Wildman–Crippen MR) is 104 cm³/mol. The van der Waals surface area contributed by atoms with Crippen molar-refractivity contribution in [2.45, 2.75) is 24.4 Å². The molecule has 0 atom stereocenters. The summed E-state index contributed by atoms with van der Waals surface area (Å²) < 4.78 is 4.00. The topological polar surface area (TPSA) is 48.5 Å². The van der Waals surface area contributed by atoms with Gasteiger partial charge in [0.15, 0.2) is 5.16 Å². The van der Waals surface area contributed by atoms with E-state index in [1.807, 2.05) is 41.1 Å². The summed E-state index contributed by atoms with van der Waals surface area (Å²) in [6.45, 7) is 2.96. The zero-order chi connectivity index (χ0) is 17.8. The van der Waals surface area contributed by atoms with Gasteiger partial charge < -0.3 is 4.57 Å². The van der Waals surface area contributed by atoms with E-state index >= 15 is 0 Å². The third kappa shape index (κ3) is 3.41. The van der Waals surface area contributed by atoms with Gasteiger partial charge in [-0.15, -0.1) is 10.2 Å². The Kier molecular flexibility index (Phi) is 4.84. The summed E-state index contributed by atoms with van der Waals surface area (Å²) in [6, 6.07) is 20.5. The zero-order valence-corrected chi connectivity index (χ0v) is 15.3. The fourth-order valence-electron chi connectivity index (χ4n) is 2.78. The Balaban J connectivity index is 1.69. The summed E-state index contributed by atoms with van der Waals surface area (Å²) in [4.78, 5) is 0. The van der Waals surface area contributed by atoms with Crippen LogP contribution in [0, 0.1) is 0 Å². The van der Waals surface area contributed by atoms with E-state index in [-0.39, 0.29) is 0 Å². The average Bonchev–Trinajstić information content (AvgIpc) is 3.34. The molecular weight excluding hydrogens is 342 g/mol. The number of para-hydroxylation sites is 1. The average molecular weight is 361 g/mol. The van der Waals surface area contributed by atoms with Crippen molar-refractivity contribution in [3.8, 4) is 16.9 Å². The lowest BCUT2D eigenvalue weighted by Gasteiger charge is -2.03. The van der Waals surface area contributed by atoms with E-state index in [0.29, 0.717) is 0 Å². The van der Waals surface area contributed by atoms with Crippen molar-refractivity contribution in [3.63, 3.8) is 0 Å². The number of rotatable bonds is 6. The standard InChI is InChI=1S/C20H19N5S/c1-2-24-15-21-22-20(24)26-14-17-13-25(18-11-7-4-8-12-18)23-19(17)16-9-5-3-6-10-16/h3-13,15H,2,14H2,1H3. The highest BCUT2D eigenvalue weighted by Crippen LogP contribution is 2.29. The van der Waals surface area contributed by atoms with Crippen molar-refractivity contribution in [3.05, 3.63) is 78.8 Å². The first-order chi connectivity index (χ1) is 12.8. The highest BCUT2D eigenvalue weighted by atomic mass is 32.2. The molecule has 5 nitrogen and oxygen atoms in total. The molecule has 0 bridgehead atoms. The fraction of sp³-hybridized carbons (Fsp3) is 0.150. The quantitative estimate of drug-likeness (QED) is 0.476. The molecule has 0 N–H and O–H groups in total. The largest absolute Gasteiger partial charge is 0.309 e. The highest BCUT2D eigenvalue weighted by molar-refractivity contribution is 7.98. The number of aryl methyl sites for hydroxylation is 1. The minimum atomic E-state index is 0.787. The molecule has 0 unspecified atom stereocenters. The first-order valence-electron chi connectivity index (χ1n) is 8.55. The number of hydrogen-bond donors (Lipinski definition) is 0. The second-order valence-corrected chi connectivity index (χ2v) is 6.78. The second-order valence-electron chi connectivity index (χ2n) is 5.84. The van der Waals surface area contributed by atoms with Crippen molar-refractivity contribution in [1.29, 1.82) is 0 Å². The van der Waals surface area contributed by atoms with Crippen LogP contribution in [0.25, 0.3) is 16.9 Å². The molecule has 4 aromatic rings. The van der Waals surface area contributed by atoms with Crippen LogP contribution in [-0.4, -0.2) is 24.5 Å². The predicted octanol–water partition coefficient (Wildman–Crippen LogP) is 4.44. The monoisotopic (exact) mass is 361 g/mol. The summed E-state index contributed by atoms with van der Waals surface area (Å²) in [5, 5.41) is 14.0. The van der Waals surface area contributed by atoms with Gasteiger partial charge in [-0.25, -0.2) is 4.68 Å². The molecule has 0 saturated carbocycles. The number of hydrogen-bond acceptors (Lipinski definition) is 4. The van der Waals surface area contributed by atoms with Crippen LogP contribution < -0.4 is 0 Å². The molecule has 2 aromatic heterocycles. The minimum absolute atomic E-state index is 0.787. The van der Waals surface area contributed by atoms with Gasteiger partial charge in [-0.2, -0.15) is 5.10 Å². The Morgan fingerprint density at radius 2 is 1.69 bits per heavy atom. The summed E-state index contributed by atoms with van der Waals surface area (Å²) >= 11 is 1.68. The third-order valence-corrected chi connectivity index (χ3v) is 5.17. The van der Waals surface area contributed by atoms with Gasteiger partial charge in [-0.3, -0.25) is 0 Å². The maximum absolute atomic E-state index is 4.85. The Bertz CT molecular complexity index is 976. The van der Waals surface area contributed by atoms with Crippen LogP contribution in [0.3, 0.4) is 0 Å². The number of thioether (sulfide) groups is 1. The van der Waals surface area contributed by atoms with E-state index in [2.05, 4.69) is 52.2 Å². The fourth-order valence-corrected chi connectivity index (χ4v) is 3.73. The van der Waals surface area contributed by atoms with Crippen LogP contribution in [0.1, 0.15) is 12.5 Å². The number of aromatic nitrogens is 5. The Labute approximate surface area is 156 Å². The molecule has 4 rings (SSSR count). The molecule has 130 valence electrons. The van der Waals surface area contributed by atoms with Gasteiger partial charge in [-0.1, -0.05) is 60.3 Å². The second kappa shape index (κ2) is 7.58. The van der Waals surface area contributed by atoms with Gasteiger partial charge in [-0.05, 0) is 19.1 Å². The van der Waals surface area contributed by atoms with Gasteiger partial charge in [0.25, 0.3) is 0 Å².